The number of carbonyl (C=O) groups is 1. The molecule has 4 heterocycles. The maximum atomic E-state index is 13.0. The first-order valence-electron chi connectivity index (χ1n) is 9.94. The van der Waals surface area contributed by atoms with Crippen LogP contribution >= 0.6 is 0 Å². The Morgan fingerprint density at radius 1 is 1.03 bits per heavy atom. The quantitative estimate of drug-likeness (QED) is 0.744. The Morgan fingerprint density at radius 3 is 2.72 bits per heavy atom. The van der Waals surface area contributed by atoms with Crippen LogP contribution in [0.3, 0.4) is 0 Å². The number of rotatable bonds is 3. The molecule has 0 unspecified atom stereocenters. The summed E-state index contributed by atoms with van der Waals surface area (Å²) in [5.41, 5.74) is 3.19. The third-order valence-corrected chi connectivity index (χ3v) is 5.72. The van der Waals surface area contributed by atoms with Gasteiger partial charge in [-0.2, -0.15) is 5.10 Å². The normalized spacial score (nSPS) is 22.3. The van der Waals surface area contributed by atoms with E-state index >= 15 is 0 Å². The summed E-state index contributed by atoms with van der Waals surface area (Å²) >= 11 is 0. The molecule has 1 aromatic carbocycles. The lowest BCUT2D eigenvalue weighted by Crippen LogP contribution is -2.60. The Hall–Kier alpha value is -3.03. The molecule has 0 bridgehead atoms. The molecule has 148 valence electrons. The molecule has 2 aromatic heterocycles. The molecular weight excluding hydrogens is 366 g/mol. The summed E-state index contributed by atoms with van der Waals surface area (Å²) in [7, 11) is 0. The van der Waals surface area contributed by atoms with E-state index in [1.54, 1.807) is 12.3 Å². The Balaban J connectivity index is 1.30. The maximum absolute atomic E-state index is 13.0. The van der Waals surface area contributed by atoms with Crippen molar-refractivity contribution in [2.45, 2.75) is 12.1 Å². The van der Waals surface area contributed by atoms with Crippen molar-refractivity contribution < 1.29 is 9.53 Å². The number of aromatic amines is 1. The largest absolute Gasteiger partial charge is 0.378 e. The van der Waals surface area contributed by atoms with E-state index in [2.05, 4.69) is 44.3 Å². The second-order valence-corrected chi connectivity index (χ2v) is 7.49. The number of piperazine rings is 1. The topological polar surface area (TPSA) is 74.4 Å². The summed E-state index contributed by atoms with van der Waals surface area (Å²) < 4.78 is 5.89. The molecule has 2 aliphatic heterocycles. The van der Waals surface area contributed by atoms with Crippen molar-refractivity contribution in [3.05, 3.63) is 72.1 Å². The zero-order chi connectivity index (χ0) is 19.6. The predicted molar refractivity (Wildman–Crippen MR) is 108 cm³/mol. The number of ether oxygens (including phenoxy) is 1. The third kappa shape index (κ3) is 3.54. The van der Waals surface area contributed by atoms with Crippen LogP contribution in [0.2, 0.25) is 0 Å². The number of pyridine rings is 1. The standard InChI is InChI=1S/C22H23N5O2/c28-22(20-12-19(24-25-20)18-8-4-5-9-23-18)26-10-11-27-17(13-26)14-29-15-21(27)16-6-2-1-3-7-16/h1-9,12,17,21H,10-11,13-15H2,(H,24,25)/t17-,21-/m1/s1. The van der Waals surface area contributed by atoms with Crippen molar-refractivity contribution in [1.29, 1.82) is 0 Å². The molecule has 7 nitrogen and oxygen atoms in total. The zero-order valence-electron chi connectivity index (χ0n) is 16.1. The highest BCUT2D eigenvalue weighted by molar-refractivity contribution is 5.93. The number of carbonyl (C=O) groups excluding carboxylic acids is 1. The molecule has 0 radical (unpaired) electrons. The Bertz CT molecular complexity index is 975. The highest BCUT2D eigenvalue weighted by Crippen LogP contribution is 2.30. The van der Waals surface area contributed by atoms with Gasteiger partial charge in [-0.1, -0.05) is 36.4 Å². The van der Waals surface area contributed by atoms with Crippen LogP contribution in [0.1, 0.15) is 22.1 Å². The van der Waals surface area contributed by atoms with E-state index in [4.69, 9.17) is 4.74 Å². The number of benzene rings is 1. The van der Waals surface area contributed by atoms with Crippen LogP contribution in [0.25, 0.3) is 11.4 Å². The van der Waals surface area contributed by atoms with Crippen molar-refractivity contribution in [3.63, 3.8) is 0 Å². The number of aromatic nitrogens is 3. The fraction of sp³-hybridized carbons (Fsp3) is 0.318. The van der Waals surface area contributed by atoms with Crippen molar-refractivity contribution in [3.8, 4) is 11.4 Å². The van der Waals surface area contributed by atoms with Gasteiger partial charge in [0.2, 0.25) is 0 Å². The lowest BCUT2D eigenvalue weighted by Gasteiger charge is -2.48. The van der Waals surface area contributed by atoms with Gasteiger partial charge in [-0.3, -0.25) is 19.8 Å². The van der Waals surface area contributed by atoms with Crippen molar-refractivity contribution in [2.24, 2.45) is 0 Å². The summed E-state index contributed by atoms with van der Waals surface area (Å²) in [6.45, 7) is 3.52. The van der Waals surface area contributed by atoms with Gasteiger partial charge in [0.15, 0.2) is 0 Å². The molecular formula is C22H23N5O2. The molecule has 5 rings (SSSR count). The SMILES string of the molecule is O=C(c1cc(-c2ccccn2)n[nH]1)N1CCN2[C@@H](COC[C@@H]2c2ccccc2)C1. The second-order valence-electron chi connectivity index (χ2n) is 7.49. The number of H-pyrrole nitrogens is 1. The smallest absolute Gasteiger partial charge is 0.271 e. The first-order chi connectivity index (χ1) is 14.3. The maximum Gasteiger partial charge on any atom is 0.271 e. The van der Waals surface area contributed by atoms with Crippen LogP contribution in [-0.2, 0) is 4.74 Å². The summed E-state index contributed by atoms with van der Waals surface area (Å²) in [5.74, 6) is -0.0267. The molecule has 2 atom stereocenters. The molecule has 0 aliphatic carbocycles. The fourth-order valence-electron chi connectivity index (χ4n) is 4.23. The number of morpholine rings is 1. The van der Waals surface area contributed by atoms with Crippen LogP contribution in [0.15, 0.2) is 60.8 Å². The summed E-state index contributed by atoms with van der Waals surface area (Å²) in [6.07, 6.45) is 1.72. The second kappa shape index (κ2) is 7.77. The van der Waals surface area contributed by atoms with Gasteiger partial charge < -0.3 is 9.64 Å². The van der Waals surface area contributed by atoms with E-state index in [0.717, 1.165) is 12.2 Å². The molecule has 2 fully saturated rings. The van der Waals surface area contributed by atoms with Gasteiger partial charge in [0.05, 0.1) is 31.0 Å². The number of hydrogen-bond donors (Lipinski definition) is 1. The summed E-state index contributed by atoms with van der Waals surface area (Å²) in [4.78, 5) is 21.7. The molecule has 29 heavy (non-hydrogen) atoms. The lowest BCUT2D eigenvalue weighted by molar-refractivity contribution is -0.0770. The minimum absolute atomic E-state index is 0.0267. The highest BCUT2D eigenvalue weighted by Gasteiger charge is 2.38. The van der Waals surface area contributed by atoms with E-state index in [1.807, 2.05) is 29.2 Å². The van der Waals surface area contributed by atoms with Gasteiger partial charge >= 0.3 is 0 Å². The highest BCUT2D eigenvalue weighted by atomic mass is 16.5. The number of hydrogen-bond acceptors (Lipinski definition) is 5. The Morgan fingerprint density at radius 2 is 1.90 bits per heavy atom. The number of amides is 1. The predicted octanol–water partition coefficient (Wildman–Crippen LogP) is 2.37. The molecule has 0 saturated carbocycles. The molecule has 3 aromatic rings. The van der Waals surface area contributed by atoms with Crippen molar-refractivity contribution in [2.75, 3.05) is 32.8 Å². The molecule has 1 N–H and O–H groups in total. The van der Waals surface area contributed by atoms with Crippen molar-refractivity contribution >= 4 is 5.91 Å². The third-order valence-electron chi connectivity index (χ3n) is 5.72. The number of nitrogens with zero attached hydrogens (tertiary/aromatic N) is 4. The molecule has 1 amide bonds. The van der Waals surface area contributed by atoms with E-state index in [0.29, 0.717) is 37.7 Å². The number of nitrogens with one attached hydrogen (secondary N) is 1. The minimum Gasteiger partial charge on any atom is -0.378 e. The van der Waals surface area contributed by atoms with E-state index in [-0.39, 0.29) is 18.0 Å². The van der Waals surface area contributed by atoms with Crippen LogP contribution in [0.5, 0.6) is 0 Å². The minimum atomic E-state index is -0.0267. The molecule has 0 spiro atoms. The number of fused-ring (bicyclic) bond motifs is 1. The summed E-state index contributed by atoms with van der Waals surface area (Å²) in [6, 6.07) is 18.3. The van der Waals surface area contributed by atoms with Crippen molar-refractivity contribution in [1.82, 2.24) is 25.0 Å². The monoisotopic (exact) mass is 389 g/mol. The van der Waals surface area contributed by atoms with Gasteiger partial charge in [-0.15, -0.1) is 0 Å². The Labute approximate surface area is 169 Å². The zero-order valence-corrected chi connectivity index (χ0v) is 16.1. The first-order valence-corrected chi connectivity index (χ1v) is 9.94. The summed E-state index contributed by atoms with van der Waals surface area (Å²) in [5, 5.41) is 7.15. The Kier molecular flexibility index (Phi) is 4.83. The van der Waals surface area contributed by atoms with Gasteiger partial charge in [-0.25, -0.2) is 0 Å². The van der Waals surface area contributed by atoms with Crippen LogP contribution < -0.4 is 0 Å². The van der Waals surface area contributed by atoms with Crippen LogP contribution in [0, 0.1) is 0 Å². The molecule has 7 heteroatoms. The first kappa shape index (κ1) is 18.0. The van der Waals surface area contributed by atoms with Gasteiger partial charge in [-0.05, 0) is 23.8 Å². The van der Waals surface area contributed by atoms with E-state index in [1.165, 1.54) is 5.56 Å². The van der Waals surface area contributed by atoms with Gasteiger partial charge in [0.1, 0.15) is 11.4 Å². The van der Waals surface area contributed by atoms with Gasteiger partial charge in [0.25, 0.3) is 5.91 Å². The average Bonchev–Trinajstić information content (AvgIpc) is 3.29. The average molecular weight is 389 g/mol. The lowest BCUT2D eigenvalue weighted by atomic mass is 10.00. The fourth-order valence-corrected chi connectivity index (χ4v) is 4.23. The van der Waals surface area contributed by atoms with E-state index < -0.39 is 0 Å². The van der Waals surface area contributed by atoms with Crippen LogP contribution in [-0.4, -0.2) is 69.8 Å². The molecule has 2 aliphatic rings. The van der Waals surface area contributed by atoms with Crippen LogP contribution in [0.4, 0.5) is 0 Å². The molecule has 2 saturated heterocycles. The van der Waals surface area contributed by atoms with Gasteiger partial charge in [0, 0.05) is 25.8 Å². The van der Waals surface area contributed by atoms with E-state index in [9.17, 15) is 4.79 Å².